The molecule has 0 amide bonds. The second-order valence-corrected chi connectivity index (χ2v) is 5.83. The van der Waals surface area contributed by atoms with E-state index in [1.165, 1.54) is 0 Å². The minimum absolute atomic E-state index is 0.0603. The van der Waals surface area contributed by atoms with E-state index in [4.69, 9.17) is 34.8 Å². The molecular weight excluding hydrogens is 313 g/mol. The Labute approximate surface area is 134 Å². The number of benzene rings is 2. The molecule has 20 heavy (non-hydrogen) atoms. The summed E-state index contributed by atoms with van der Waals surface area (Å²) in [5.74, 6) is 0. The molecule has 0 aliphatic carbocycles. The van der Waals surface area contributed by atoms with Crippen LogP contribution in [0.2, 0.25) is 15.1 Å². The van der Waals surface area contributed by atoms with Crippen LogP contribution >= 0.6 is 34.8 Å². The number of rotatable bonds is 5. The predicted molar refractivity (Wildman–Crippen MR) is 88.1 cm³/mol. The average Bonchev–Trinajstić information content (AvgIpc) is 2.44. The number of nitrogens with one attached hydrogen (secondary N) is 1. The van der Waals surface area contributed by atoms with Gasteiger partial charge < -0.3 is 5.32 Å². The second kappa shape index (κ2) is 7.33. The van der Waals surface area contributed by atoms with Gasteiger partial charge >= 0.3 is 0 Å². The summed E-state index contributed by atoms with van der Waals surface area (Å²) in [6, 6.07) is 13.2. The first-order valence-corrected chi connectivity index (χ1v) is 7.69. The summed E-state index contributed by atoms with van der Waals surface area (Å²) in [5, 5.41) is 5.55. The Bertz CT molecular complexity index is 584. The molecule has 0 bridgehead atoms. The fourth-order valence-electron chi connectivity index (χ4n) is 2.12. The lowest BCUT2D eigenvalue weighted by molar-refractivity contribution is 0.599. The van der Waals surface area contributed by atoms with Crippen molar-refractivity contribution >= 4 is 34.8 Å². The van der Waals surface area contributed by atoms with Crippen molar-refractivity contribution in [3.05, 3.63) is 68.7 Å². The molecule has 2 aromatic rings. The normalized spacial score (nSPS) is 12.4. The van der Waals surface area contributed by atoms with Crippen molar-refractivity contribution in [2.45, 2.75) is 19.4 Å². The Hall–Kier alpha value is -0.730. The maximum atomic E-state index is 6.33. The van der Waals surface area contributed by atoms with Crippen molar-refractivity contribution in [2.24, 2.45) is 0 Å². The van der Waals surface area contributed by atoms with Crippen LogP contribution in [-0.4, -0.2) is 6.54 Å². The van der Waals surface area contributed by atoms with Gasteiger partial charge in [-0.25, -0.2) is 0 Å². The molecule has 0 aliphatic rings. The van der Waals surface area contributed by atoms with E-state index in [9.17, 15) is 0 Å². The SMILES string of the molecule is CCCNC(c1ccccc1Cl)c1cc(Cl)ccc1Cl. The van der Waals surface area contributed by atoms with Crippen LogP contribution in [0.25, 0.3) is 0 Å². The quantitative estimate of drug-likeness (QED) is 0.738. The van der Waals surface area contributed by atoms with Gasteiger partial charge in [-0.05, 0) is 48.4 Å². The van der Waals surface area contributed by atoms with Gasteiger partial charge in [-0.15, -0.1) is 0 Å². The molecule has 106 valence electrons. The van der Waals surface area contributed by atoms with Crippen LogP contribution < -0.4 is 5.32 Å². The predicted octanol–water partition coefficient (Wildman–Crippen LogP) is 5.74. The zero-order chi connectivity index (χ0) is 14.5. The molecule has 0 heterocycles. The first-order valence-electron chi connectivity index (χ1n) is 6.56. The van der Waals surface area contributed by atoms with Crippen molar-refractivity contribution in [1.29, 1.82) is 0 Å². The minimum atomic E-state index is -0.0603. The maximum absolute atomic E-state index is 6.33. The van der Waals surface area contributed by atoms with Crippen LogP contribution in [0.1, 0.15) is 30.5 Å². The van der Waals surface area contributed by atoms with E-state index in [-0.39, 0.29) is 6.04 Å². The molecule has 0 radical (unpaired) electrons. The monoisotopic (exact) mass is 327 g/mol. The lowest BCUT2D eigenvalue weighted by Gasteiger charge is -2.22. The fourth-order valence-corrected chi connectivity index (χ4v) is 2.77. The molecular formula is C16H16Cl3N. The van der Waals surface area contributed by atoms with E-state index in [2.05, 4.69) is 12.2 Å². The molecule has 1 unspecified atom stereocenters. The Morgan fingerprint density at radius 2 is 1.65 bits per heavy atom. The highest BCUT2D eigenvalue weighted by Gasteiger charge is 2.19. The Morgan fingerprint density at radius 3 is 2.35 bits per heavy atom. The zero-order valence-electron chi connectivity index (χ0n) is 11.2. The number of halogens is 3. The van der Waals surface area contributed by atoms with Crippen LogP contribution in [0.15, 0.2) is 42.5 Å². The Kier molecular flexibility index (Phi) is 5.74. The third-order valence-corrected chi connectivity index (χ3v) is 4.01. The van der Waals surface area contributed by atoms with Crippen LogP contribution in [0.4, 0.5) is 0 Å². The smallest absolute Gasteiger partial charge is 0.0606 e. The summed E-state index contributed by atoms with van der Waals surface area (Å²) in [6.45, 7) is 3.00. The molecule has 1 N–H and O–H groups in total. The first kappa shape index (κ1) is 15.7. The van der Waals surface area contributed by atoms with Crippen LogP contribution in [-0.2, 0) is 0 Å². The molecule has 2 aromatic carbocycles. The van der Waals surface area contributed by atoms with Crippen LogP contribution in [0.5, 0.6) is 0 Å². The van der Waals surface area contributed by atoms with E-state index >= 15 is 0 Å². The number of hydrogen-bond acceptors (Lipinski definition) is 1. The van der Waals surface area contributed by atoms with Gasteiger partial charge in [-0.3, -0.25) is 0 Å². The average molecular weight is 329 g/mol. The lowest BCUT2D eigenvalue weighted by Crippen LogP contribution is -2.23. The standard InChI is InChI=1S/C16H16Cl3N/c1-2-9-20-16(12-5-3-4-6-14(12)18)13-10-11(17)7-8-15(13)19/h3-8,10,16,20H,2,9H2,1H3. The van der Waals surface area contributed by atoms with Crippen molar-refractivity contribution in [3.8, 4) is 0 Å². The second-order valence-electron chi connectivity index (χ2n) is 4.57. The molecule has 4 heteroatoms. The summed E-state index contributed by atoms with van der Waals surface area (Å²) in [7, 11) is 0. The maximum Gasteiger partial charge on any atom is 0.0606 e. The Morgan fingerprint density at radius 1 is 0.950 bits per heavy atom. The summed E-state index contributed by atoms with van der Waals surface area (Å²) in [6.07, 6.45) is 1.03. The van der Waals surface area contributed by atoms with Gasteiger partial charge in [0.25, 0.3) is 0 Å². The van der Waals surface area contributed by atoms with E-state index in [0.717, 1.165) is 29.1 Å². The molecule has 1 nitrogen and oxygen atoms in total. The van der Waals surface area contributed by atoms with Crippen LogP contribution in [0, 0.1) is 0 Å². The lowest BCUT2D eigenvalue weighted by atomic mass is 9.98. The first-order chi connectivity index (χ1) is 9.63. The third-order valence-electron chi connectivity index (χ3n) is 3.08. The van der Waals surface area contributed by atoms with E-state index < -0.39 is 0 Å². The summed E-state index contributed by atoms with van der Waals surface area (Å²) < 4.78 is 0. The highest BCUT2D eigenvalue weighted by Crippen LogP contribution is 2.33. The highest BCUT2D eigenvalue weighted by atomic mass is 35.5. The summed E-state index contributed by atoms with van der Waals surface area (Å²) in [4.78, 5) is 0. The fraction of sp³-hybridized carbons (Fsp3) is 0.250. The molecule has 0 fully saturated rings. The Balaban J connectivity index is 2.47. The molecule has 1 atom stereocenters. The van der Waals surface area contributed by atoms with E-state index in [1.54, 1.807) is 6.07 Å². The molecule has 2 rings (SSSR count). The van der Waals surface area contributed by atoms with Gasteiger partial charge in [0.2, 0.25) is 0 Å². The van der Waals surface area contributed by atoms with Gasteiger partial charge in [0.05, 0.1) is 6.04 Å². The molecule has 0 spiro atoms. The van der Waals surface area contributed by atoms with Gasteiger partial charge in [-0.1, -0.05) is 59.9 Å². The van der Waals surface area contributed by atoms with Gasteiger partial charge in [0, 0.05) is 15.1 Å². The minimum Gasteiger partial charge on any atom is -0.306 e. The van der Waals surface area contributed by atoms with Crippen molar-refractivity contribution in [1.82, 2.24) is 5.32 Å². The number of hydrogen-bond donors (Lipinski definition) is 1. The van der Waals surface area contributed by atoms with Crippen LogP contribution in [0.3, 0.4) is 0 Å². The van der Waals surface area contributed by atoms with Crippen molar-refractivity contribution < 1.29 is 0 Å². The van der Waals surface area contributed by atoms with Crippen molar-refractivity contribution in [2.75, 3.05) is 6.54 Å². The van der Waals surface area contributed by atoms with Gasteiger partial charge in [-0.2, -0.15) is 0 Å². The largest absolute Gasteiger partial charge is 0.306 e. The molecule has 0 aliphatic heterocycles. The summed E-state index contributed by atoms with van der Waals surface area (Å²) >= 11 is 18.8. The topological polar surface area (TPSA) is 12.0 Å². The van der Waals surface area contributed by atoms with Gasteiger partial charge in [0.15, 0.2) is 0 Å². The van der Waals surface area contributed by atoms with Gasteiger partial charge in [0.1, 0.15) is 0 Å². The van der Waals surface area contributed by atoms with E-state index in [1.807, 2.05) is 36.4 Å². The highest BCUT2D eigenvalue weighted by molar-refractivity contribution is 6.34. The zero-order valence-corrected chi connectivity index (χ0v) is 13.4. The molecule has 0 saturated heterocycles. The molecule has 0 aromatic heterocycles. The molecule has 0 saturated carbocycles. The third kappa shape index (κ3) is 3.67. The van der Waals surface area contributed by atoms with Crippen molar-refractivity contribution in [3.63, 3.8) is 0 Å². The summed E-state index contributed by atoms with van der Waals surface area (Å²) in [5.41, 5.74) is 1.95. The van der Waals surface area contributed by atoms with E-state index in [0.29, 0.717) is 10.0 Å².